The highest BCUT2D eigenvalue weighted by Crippen LogP contribution is 2.05. The minimum atomic E-state index is 0.262. The van der Waals surface area contributed by atoms with Gasteiger partial charge in [0, 0.05) is 12.6 Å². The van der Waals surface area contributed by atoms with Crippen LogP contribution in [0.2, 0.25) is 0 Å². The van der Waals surface area contributed by atoms with Crippen LogP contribution in [0.25, 0.3) is 0 Å². The molecule has 0 aliphatic rings. The van der Waals surface area contributed by atoms with E-state index in [1.165, 1.54) is 5.56 Å². The molecule has 0 fully saturated rings. The molecule has 0 bridgehead atoms. The van der Waals surface area contributed by atoms with E-state index in [1.807, 2.05) is 44.2 Å². The Hall–Kier alpha value is -1.39. The Morgan fingerprint density at radius 2 is 1.88 bits per heavy atom. The molecule has 1 aromatic rings. The summed E-state index contributed by atoms with van der Waals surface area (Å²) in [6.07, 6.45) is 0.900. The Balaban J connectivity index is 0.000000673. The Kier molecular flexibility index (Phi) is 8.11. The number of carbonyl (C=O) groups excluding carboxylic acids is 1. The van der Waals surface area contributed by atoms with Gasteiger partial charge in [0.15, 0.2) is 0 Å². The van der Waals surface area contributed by atoms with E-state index >= 15 is 0 Å². The third-order valence-electron chi connectivity index (χ3n) is 2.01. The molecule has 3 N–H and O–H groups in total. The first-order chi connectivity index (χ1) is 7.65. The average molecular weight is 223 g/mol. The summed E-state index contributed by atoms with van der Waals surface area (Å²) in [5.74, 6) is 4.60. The maximum atomic E-state index is 10.7. The highest BCUT2D eigenvalue weighted by atomic mass is 16.1. The number of carbonyl (C=O) groups is 1. The quantitative estimate of drug-likeness (QED) is 0.457. The molecule has 1 rings (SSSR count). The molecule has 0 heterocycles. The molecule has 1 aromatic carbocycles. The van der Waals surface area contributed by atoms with Crippen molar-refractivity contribution >= 4 is 6.41 Å². The molecule has 4 nitrogen and oxygen atoms in total. The zero-order chi connectivity index (χ0) is 12.4. The van der Waals surface area contributed by atoms with Crippen molar-refractivity contribution in [1.82, 2.24) is 10.3 Å². The fourth-order valence-electron chi connectivity index (χ4n) is 1.14. The molecule has 0 aliphatic carbocycles. The SMILES string of the molecule is CC(C)N(C=O)Cc1ccccc1.CNN. The molecule has 0 aromatic heterocycles. The number of rotatable bonds is 4. The summed E-state index contributed by atoms with van der Waals surface area (Å²) in [6.45, 7) is 4.72. The third kappa shape index (κ3) is 6.16. The molecule has 4 heteroatoms. The Morgan fingerprint density at radius 3 is 2.25 bits per heavy atom. The monoisotopic (exact) mass is 223 g/mol. The van der Waals surface area contributed by atoms with Gasteiger partial charge < -0.3 is 4.90 Å². The summed E-state index contributed by atoms with van der Waals surface area (Å²) in [6, 6.07) is 10.3. The highest BCUT2D eigenvalue weighted by molar-refractivity contribution is 5.47. The summed E-state index contributed by atoms with van der Waals surface area (Å²) in [4.78, 5) is 12.4. The van der Waals surface area contributed by atoms with Crippen molar-refractivity contribution in [3.05, 3.63) is 35.9 Å². The van der Waals surface area contributed by atoms with Crippen molar-refractivity contribution in [3.63, 3.8) is 0 Å². The van der Waals surface area contributed by atoms with E-state index < -0.39 is 0 Å². The van der Waals surface area contributed by atoms with Gasteiger partial charge in [-0.2, -0.15) is 0 Å². The zero-order valence-corrected chi connectivity index (χ0v) is 10.2. The van der Waals surface area contributed by atoms with Gasteiger partial charge in [-0.1, -0.05) is 30.3 Å². The summed E-state index contributed by atoms with van der Waals surface area (Å²) < 4.78 is 0. The molecule has 0 unspecified atom stereocenters. The molecular formula is C12H21N3O. The van der Waals surface area contributed by atoms with Gasteiger partial charge in [0.25, 0.3) is 0 Å². The normalized spacial score (nSPS) is 9.31. The van der Waals surface area contributed by atoms with Crippen LogP contribution in [0.1, 0.15) is 19.4 Å². The van der Waals surface area contributed by atoms with E-state index in [0.717, 1.165) is 6.41 Å². The lowest BCUT2D eigenvalue weighted by Gasteiger charge is -2.21. The lowest BCUT2D eigenvalue weighted by molar-refractivity contribution is -0.120. The van der Waals surface area contributed by atoms with Crippen molar-refractivity contribution < 1.29 is 4.79 Å². The molecule has 0 saturated heterocycles. The maximum absolute atomic E-state index is 10.7. The van der Waals surface area contributed by atoms with E-state index in [0.29, 0.717) is 6.54 Å². The lowest BCUT2D eigenvalue weighted by atomic mass is 10.2. The average Bonchev–Trinajstić information content (AvgIpc) is 2.28. The fraction of sp³-hybridized carbons (Fsp3) is 0.417. The first-order valence-corrected chi connectivity index (χ1v) is 5.28. The van der Waals surface area contributed by atoms with Gasteiger partial charge in [0.05, 0.1) is 0 Å². The predicted molar refractivity (Wildman–Crippen MR) is 66.4 cm³/mol. The highest BCUT2D eigenvalue weighted by Gasteiger charge is 2.05. The van der Waals surface area contributed by atoms with Crippen LogP contribution in [0.4, 0.5) is 0 Å². The van der Waals surface area contributed by atoms with E-state index in [1.54, 1.807) is 11.9 Å². The second-order valence-electron chi connectivity index (χ2n) is 3.65. The zero-order valence-electron chi connectivity index (χ0n) is 10.2. The van der Waals surface area contributed by atoms with E-state index in [4.69, 9.17) is 0 Å². The van der Waals surface area contributed by atoms with Crippen LogP contribution in [0.5, 0.6) is 0 Å². The second kappa shape index (κ2) is 8.88. The van der Waals surface area contributed by atoms with Gasteiger partial charge in [0.2, 0.25) is 6.41 Å². The van der Waals surface area contributed by atoms with Crippen molar-refractivity contribution in [3.8, 4) is 0 Å². The number of hydrogen-bond donors (Lipinski definition) is 2. The fourth-order valence-corrected chi connectivity index (χ4v) is 1.14. The molecular weight excluding hydrogens is 202 g/mol. The molecule has 90 valence electrons. The molecule has 0 radical (unpaired) electrons. The summed E-state index contributed by atoms with van der Waals surface area (Å²) in [7, 11) is 1.65. The van der Waals surface area contributed by atoms with Crippen molar-refractivity contribution in [1.29, 1.82) is 0 Å². The number of amides is 1. The standard InChI is InChI=1S/C11H15NO.CH6N2/c1-10(2)12(9-13)8-11-6-4-3-5-7-11;1-3-2/h3-7,9-10H,8H2,1-2H3;3H,2H2,1H3. The number of benzene rings is 1. The van der Waals surface area contributed by atoms with Gasteiger partial charge >= 0.3 is 0 Å². The maximum Gasteiger partial charge on any atom is 0.210 e. The first kappa shape index (κ1) is 14.6. The predicted octanol–water partition coefficient (Wildman–Crippen LogP) is 1.13. The van der Waals surface area contributed by atoms with Gasteiger partial charge in [-0.05, 0) is 26.5 Å². The molecule has 0 saturated carbocycles. The summed E-state index contributed by atoms with van der Waals surface area (Å²) >= 11 is 0. The van der Waals surface area contributed by atoms with Gasteiger partial charge in [-0.25, -0.2) is 0 Å². The van der Waals surface area contributed by atoms with Gasteiger partial charge in [-0.15, -0.1) is 0 Å². The first-order valence-electron chi connectivity index (χ1n) is 5.28. The molecule has 0 atom stereocenters. The Labute approximate surface area is 97.4 Å². The van der Waals surface area contributed by atoms with Gasteiger partial charge in [0.1, 0.15) is 0 Å². The third-order valence-corrected chi connectivity index (χ3v) is 2.01. The molecule has 1 amide bonds. The number of nitrogens with one attached hydrogen (secondary N) is 1. The minimum absolute atomic E-state index is 0.262. The Morgan fingerprint density at radius 1 is 1.38 bits per heavy atom. The van der Waals surface area contributed by atoms with E-state index in [9.17, 15) is 4.79 Å². The van der Waals surface area contributed by atoms with E-state index in [2.05, 4.69) is 11.3 Å². The summed E-state index contributed by atoms with van der Waals surface area (Å²) in [5, 5.41) is 0. The van der Waals surface area contributed by atoms with Gasteiger partial charge in [-0.3, -0.25) is 16.1 Å². The van der Waals surface area contributed by atoms with Crippen molar-refractivity contribution in [2.75, 3.05) is 7.05 Å². The summed E-state index contributed by atoms with van der Waals surface area (Å²) in [5.41, 5.74) is 3.42. The van der Waals surface area contributed by atoms with Crippen LogP contribution >= 0.6 is 0 Å². The number of hydrogen-bond acceptors (Lipinski definition) is 3. The van der Waals surface area contributed by atoms with Crippen LogP contribution in [-0.4, -0.2) is 24.4 Å². The number of hydrazine groups is 1. The van der Waals surface area contributed by atoms with E-state index in [-0.39, 0.29) is 6.04 Å². The molecule has 16 heavy (non-hydrogen) atoms. The van der Waals surface area contributed by atoms with Crippen LogP contribution in [0.15, 0.2) is 30.3 Å². The smallest absolute Gasteiger partial charge is 0.210 e. The van der Waals surface area contributed by atoms with Crippen molar-refractivity contribution in [2.45, 2.75) is 26.4 Å². The van der Waals surface area contributed by atoms with Crippen LogP contribution in [0, 0.1) is 0 Å². The lowest BCUT2D eigenvalue weighted by Crippen LogP contribution is -2.28. The second-order valence-corrected chi connectivity index (χ2v) is 3.65. The molecule has 0 spiro atoms. The number of nitrogens with two attached hydrogens (primary N) is 1. The topological polar surface area (TPSA) is 58.4 Å². The van der Waals surface area contributed by atoms with Crippen molar-refractivity contribution in [2.24, 2.45) is 5.84 Å². The minimum Gasteiger partial charge on any atom is -0.339 e. The van der Waals surface area contributed by atoms with Crippen LogP contribution in [-0.2, 0) is 11.3 Å². The largest absolute Gasteiger partial charge is 0.339 e. The van der Waals surface area contributed by atoms with Crippen LogP contribution < -0.4 is 11.3 Å². The number of nitrogens with zero attached hydrogens (tertiary/aromatic N) is 1. The van der Waals surface area contributed by atoms with Crippen LogP contribution in [0.3, 0.4) is 0 Å². The molecule has 0 aliphatic heterocycles. The Bertz CT molecular complexity index is 275.